The Bertz CT molecular complexity index is 876. The number of aromatic amines is 2. The molecule has 0 amide bonds. The van der Waals surface area contributed by atoms with Gasteiger partial charge in [-0.1, -0.05) is 29.8 Å². The molecule has 2 aromatic carbocycles. The summed E-state index contributed by atoms with van der Waals surface area (Å²) < 4.78 is 0. The molecule has 6 nitrogen and oxygen atoms in total. The molecule has 1 aromatic heterocycles. The topological polar surface area (TPSA) is 93.6 Å². The van der Waals surface area contributed by atoms with Gasteiger partial charge in [-0.05, 0) is 31.2 Å². The number of aromatic hydroxyl groups is 1. The van der Waals surface area contributed by atoms with E-state index in [0.717, 1.165) is 5.56 Å². The minimum atomic E-state index is -0.394. The van der Waals surface area contributed by atoms with Crippen molar-refractivity contribution < 1.29 is 5.11 Å². The van der Waals surface area contributed by atoms with Gasteiger partial charge >= 0.3 is 0 Å². The highest BCUT2D eigenvalue weighted by molar-refractivity contribution is 5.75. The first kappa shape index (κ1) is 13.8. The van der Waals surface area contributed by atoms with Gasteiger partial charge in [-0.2, -0.15) is 5.11 Å². The normalized spacial score (nSPS) is 11.1. The minimum absolute atomic E-state index is 0.0598. The summed E-state index contributed by atoms with van der Waals surface area (Å²) in [5.74, 6) is 0.0598. The van der Waals surface area contributed by atoms with Crippen LogP contribution in [-0.2, 0) is 0 Å². The number of rotatable bonds is 3. The van der Waals surface area contributed by atoms with Crippen molar-refractivity contribution in [2.75, 3.05) is 0 Å². The van der Waals surface area contributed by atoms with Crippen LogP contribution >= 0.6 is 0 Å². The van der Waals surface area contributed by atoms with E-state index in [9.17, 15) is 9.90 Å². The average molecular weight is 294 g/mol. The number of phenols is 1. The molecule has 0 unspecified atom stereocenters. The molecular formula is C16H14N4O2. The zero-order valence-electron chi connectivity index (χ0n) is 11.9. The van der Waals surface area contributed by atoms with Crippen LogP contribution in [0.2, 0.25) is 0 Å². The number of para-hydroxylation sites is 1. The molecule has 3 N–H and O–H groups in total. The van der Waals surface area contributed by atoms with Crippen LogP contribution in [0.15, 0.2) is 63.6 Å². The minimum Gasteiger partial charge on any atom is -0.507 e. The molecule has 6 heteroatoms. The van der Waals surface area contributed by atoms with Gasteiger partial charge in [0.25, 0.3) is 5.56 Å². The number of hydrogen-bond donors (Lipinski definition) is 3. The average Bonchev–Trinajstić information content (AvgIpc) is 2.88. The molecule has 0 atom stereocenters. The lowest BCUT2D eigenvalue weighted by atomic mass is 10.1. The van der Waals surface area contributed by atoms with Crippen molar-refractivity contribution in [3.05, 3.63) is 64.4 Å². The Morgan fingerprint density at radius 1 is 0.955 bits per heavy atom. The Hall–Kier alpha value is -3.15. The second-order valence-electron chi connectivity index (χ2n) is 4.86. The van der Waals surface area contributed by atoms with Crippen LogP contribution in [0.3, 0.4) is 0 Å². The smallest absolute Gasteiger partial charge is 0.292 e. The van der Waals surface area contributed by atoms with Gasteiger partial charge in [0.05, 0.1) is 11.4 Å². The number of nitrogens with zero attached hydrogens (tertiary/aromatic N) is 2. The van der Waals surface area contributed by atoms with E-state index in [-0.39, 0.29) is 11.4 Å². The van der Waals surface area contributed by atoms with Crippen LogP contribution in [0.4, 0.5) is 11.4 Å². The van der Waals surface area contributed by atoms with Gasteiger partial charge in [-0.3, -0.25) is 15.0 Å². The summed E-state index contributed by atoms with van der Waals surface area (Å²) >= 11 is 0. The van der Waals surface area contributed by atoms with Crippen molar-refractivity contribution in [3.63, 3.8) is 0 Å². The van der Waals surface area contributed by atoms with Gasteiger partial charge in [0.1, 0.15) is 5.75 Å². The Kier molecular flexibility index (Phi) is 3.57. The predicted octanol–water partition coefficient (Wildman–Crippen LogP) is 3.80. The third kappa shape index (κ3) is 2.67. The Morgan fingerprint density at radius 3 is 2.41 bits per heavy atom. The van der Waals surface area contributed by atoms with Gasteiger partial charge in [0.15, 0.2) is 5.69 Å². The summed E-state index contributed by atoms with van der Waals surface area (Å²) in [5, 5.41) is 23.2. The maximum atomic E-state index is 11.9. The van der Waals surface area contributed by atoms with Crippen molar-refractivity contribution in [2.24, 2.45) is 10.2 Å². The van der Waals surface area contributed by atoms with E-state index in [2.05, 4.69) is 20.4 Å². The molecular weight excluding hydrogens is 280 g/mol. The van der Waals surface area contributed by atoms with Gasteiger partial charge in [0, 0.05) is 5.56 Å². The summed E-state index contributed by atoms with van der Waals surface area (Å²) in [5.41, 5.74) is 2.39. The highest BCUT2D eigenvalue weighted by Gasteiger charge is 2.14. The fourth-order valence-electron chi connectivity index (χ4n) is 2.05. The van der Waals surface area contributed by atoms with E-state index in [4.69, 9.17) is 0 Å². The molecule has 1 heterocycles. The van der Waals surface area contributed by atoms with Gasteiger partial charge < -0.3 is 5.11 Å². The third-order valence-electron chi connectivity index (χ3n) is 3.23. The molecule has 0 aliphatic rings. The van der Waals surface area contributed by atoms with Crippen molar-refractivity contribution >= 4 is 11.4 Å². The number of aromatic nitrogens is 2. The molecule has 0 spiro atoms. The van der Waals surface area contributed by atoms with E-state index in [1.165, 1.54) is 0 Å². The summed E-state index contributed by atoms with van der Waals surface area (Å²) in [7, 11) is 0. The molecule has 22 heavy (non-hydrogen) atoms. The number of H-pyrrole nitrogens is 2. The van der Waals surface area contributed by atoms with Crippen molar-refractivity contribution in [3.8, 4) is 17.0 Å². The lowest BCUT2D eigenvalue weighted by molar-refractivity contribution is 0.477. The predicted molar refractivity (Wildman–Crippen MR) is 83.9 cm³/mol. The van der Waals surface area contributed by atoms with Crippen LogP contribution < -0.4 is 5.56 Å². The lowest BCUT2D eigenvalue weighted by Crippen LogP contribution is -1.96. The molecule has 0 saturated carbocycles. The van der Waals surface area contributed by atoms with E-state index >= 15 is 0 Å². The van der Waals surface area contributed by atoms with E-state index in [0.29, 0.717) is 16.9 Å². The van der Waals surface area contributed by atoms with E-state index < -0.39 is 5.56 Å². The van der Waals surface area contributed by atoms with Crippen LogP contribution in [-0.4, -0.2) is 15.3 Å². The van der Waals surface area contributed by atoms with Crippen LogP contribution in [0.5, 0.6) is 5.75 Å². The van der Waals surface area contributed by atoms with Crippen molar-refractivity contribution in [2.45, 2.75) is 6.92 Å². The van der Waals surface area contributed by atoms with Crippen molar-refractivity contribution in [1.82, 2.24) is 10.2 Å². The fraction of sp³-hybridized carbons (Fsp3) is 0.0625. The maximum absolute atomic E-state index is 11.9. The molecule has 0 bridgehead atoms. The number of aryl methyl sites for hydroxylation is 1. The first-order valence-electron chi connectivity index (χ1n) is 6.72. The standard InChI is InChI=1S/C16H14N4O2/c1-10-6-8-11(9-7-10)17-19-15-14(18-20-16(15)22)12-4-2-3-5-13(12)21/h2-9,21H,1H3,(H2,18,20,22). The Balaban J connectivity index is 2.02. The first-order chi connectivity index (χ1) is 10.6. The molecule has 0 saturated heterocycles. The molecule has 3 rings (SSSR count). The monoisotopic (exact) mass is 294 g/mol. The number of phenolic OH excluding ortho intramolecular Hbond substituents is 1. The molecule has 0 aliphatic carbocycles. The Morgan fingerprint density at radius 2 is 1.68 bits per heavy atom. The first-order valence-corrected chi connectivity index (χ1v) is 6.72. The summed E-state index contributed by atoms with van der Waals surface area (Å²) in [6.07, 6.45) is 0. The van der Waals surface area contributed by atoms with Crippen LogP contribution in [0, 0.1) is 6.92 Å². The summed E-state index contributed by atoms with van der Waals surface area (Å²) in [6.45, 7) is 1.98. The van der Waals surface area contributed by atoms with Crippen LogP contribution in [0.1, 0.15) is 5.56 Å². The molecule has 110 valence electrons. The SMILES string of the molecule is Cc1ccc(N=Nc2c(-c3ccccc3O)[nH][nH]c2=O)cc1. The van der Waals surface area contributed by atoms with Crippen LogP contribution in [0.25, 0.3) is 11.3 Å². The van der Waals surface area contributed by atoms with Gasteiger partial charge in [-0.25, -0.2) is 0 Å². The fourth-order valence-corrected chi connectivity index (χ4v) is 2.05. The summed E-state index contributed by atoms with van der Waals surface area (Å²) in [6, 6.07) is 14.2. The quantitative estimate of drug-likeness (QED) is 0.641. The van der Waals surface area contributed by atoms with Gasteiger partial charge in [0.2, 0.25) is 0 Å². The Labute approximate surface area is 126 Å². The van der Waals surface area contributed by atoms with E-state index in [1.54, 1.807) is 24.3 Å². The number of nitrogens with one attached hydrogen (secondary N) is 2. The lowest BCUT2D eigenvalue weighted by Gasteiger charge is -2.01. The van der Waals surface area contributed by atoms with E-state index in [1.807, 2.05) is 31.2 Å². The number of azo groups is 1. The molecule has 3 aromatic rings. The zero-order valence-corrected chi connectivity index (χ0v) is 11.9. The molecule has 0 aliphatic heterocycles. The largest absolute Gasteiger partial charge is 0.507 e. The number of hydrogen-bond acceptors (Lipinski definition) is 4. The molecule has 0 radical (unpaired) electrons. The van der Waals surface area contributed by atoms with Gasteiger partial charge in [-0.15, -0.1) is 5.11 Å². The second-order valence-corrected chi connectivity index (χ2v) is 4.86. The second kappa shape index (κ2) is 5.69. The highest BCUT2D eigenvalue weighted by Crippen LogP contribution is 2.32. The molecule has 0 fully saturated rings. The summed E-state index contributed by atoms with van der Waals surface area (Å²) in [4.78, 5) is 11.9. The maximum Gasteiger partial charge on any atom is 0.292 e. The highest BCUT2D eigenvalue weighted by atomic mass is 16.3. The van der Waals surface area contributed by atoms with Crippen molar-refractivity contribution in [1.29, 1.82) is 0 Å². The number of benzene rings is 2. The zero-order chi connectivity index (χ0) is 15.5. The third-order valence-corrected chi connectivity index (χ3v) is 3.23.